The number of anilines is 1. The van der Waals surface area contributed by atoms with Gasteiger partial charge in [-0.05, 0) is 34.7 Å². The number of nitrogens with one attached hydrogen (secondary N) is 1. The fraction of sp³-hybridized carbons (Fsp3) is 0.455. The van der Waals surface area contributed by atoms with Gasteiger partial charge in [0, 0.05) is 24.6 Å². The fourth-order valence-corrected chi connectivity index (χ4v) is 2.61. The van der Waals surface area contributed by atoms with E-state index in [4.69, 9.17) is 0 Å². The third-order valence-electron chi connectivity index (χ3n) is 3.06. The molecule has 1 aliphatic carbocycles. The minimum absolute atomic E-state index is 0.553. The monoisotopic (exact) mass is 280 g/mol. The van der Waals surface area contributed by atoms with Crippen LogP contribution in [0.3, 0.4) is 0 Å². The zero-order chi connectivity index (χ0) is 11.1. The van der Waals surface area contributed by atoms with Gasteiger partial charge in [0.2, 0.25) is 0 Å². The molecular weight excluding hydrogens is 268 g/mol. The molecule has 84 valence electrons. The second-order valence-corrected chi connectivity index (χ2v) is 5.30. The van der Waals surface area contributed by atoms with Crippen LogP contribution in [0, 0.1) is 5.92 Å². The fourth-order valence-electron chi connectivity index (χ4n) is 2.21. The molecule has 0 amide bonds. The maximum Gasteiger partial charge on any atom is 0.180 e. The normalized spacial score (nSPS) is 24.4. The van der Waals surface area contributed by atoms with Crippen molar-refractivity contribution in [2.45, 2.75) is 25.8 Å². The van der Waals surface area contributed by atoms with E-state index in [2.05, 4.69) is 38.1 Å². The minimum atomic E-state index is 0.553. The molecule has 0 radical (unpaired) electrons. The third kappa shape index (κ3) is 1.69. The second-order valence-electron chi connectivity index (χ2n) is 4.49. The van der Waals surface area contributed by atoms with Crippen molar-refractivity contribution in [3.63, 3.8) is 0 Å². The van der Waals surface area contributed by atoms with Crippen molar-refractivity contribution in [3.05, 3.63) is 23.2 Å². The molecule has 1 fully saturated rings. The molecule has 4 nitrogen and oxygen atoms in total. The maximum absolute atomic E-state index is 4.44. The van der Waals surface area contributed by atoms with Gasteiger partial charge >= 0.3 is 0 Å². The molecule has 5 heteroatoms. The number of imidazole rings is 1. The summed E-state index contributed by atoms with van der Waals surface area (Å²) in [5.74, 6) is 1.71. The molecule has 16 heavy (non-hydrogen) atoms. The molecule has 0 bridgehead atoms. The summed E-state index contributed by atoms with van der Waals surface area (Å²) in [7, 11) is 0. The van der Waals surface area contributed by atoms with Gasteiger partial charge < -0.3 is 9.72 Å². The van der Waals surface area contributed by atoms with Crippen molar-refractivity contribution in [2.24, 2.45) is 5.92 Å². The van der Waals surface area contributed by atoms with Gasteiger partial charge in [0.05, 0.1) is 0 Å². The van der Waals surface area contributed by atoms with E-state index in [0.717, 1.165) is 22.0 Å². The highest BCUT2D eigenvalue weighted by atomic mass is 79.9. The van der Waals surface area contributed by atoms with Crippen LogP contribution in [-0.4, -0.2) is 20.4 Å². The van der Waals surface area contributed by atoms with E-state index < -0.39 is 0 Å². The van der Waals surface area contributed by atoms with Crippen LogP contribution in [0.4, 0.5) is 5.82 Å². The summed E-state index contributed by atoms with van der Waals surface area (Å²) in [6.45, 7) is 2.28. The number of fused-ring (bicyclic) bond motifs is 1. The van der Waals surface area contributed by atoms with Crippen LogP contribution >= 0.6 is 15.9 Å². The number of nitrogens with zero attached hydrogens (tertiary/aromatic N) is 3. The summed E-state index contributed by atoms with van der Waals surface area (Å²) in [5.41, 5.74) is 0.891. The van der Waals surface area contributed by atoms with Gasteiger partial charge in [0.25, 0.3) is 0 Å². The van der Waals surface area contributed by atoms with Gasteiger partial charge in [0.1, 0.15) is 4.60 Å². The Hall–Kier alpha value is -1.10. The highest BCUT2D eigenvalue weighted by molar-refractivity contribution is 9.10. The smallest absolute Gasteiger partial charge is 0.180 e. The minimum Gasteiger partial charge on any atom is -0.364 e. The molecule has 2 heterocycles. The molecule has 0 saturated heterocycles. The molecule has 0 aliphatic heterocycles. The van der Waals surface area contributed by atoms with Crippen LogP contribution in [-0.2, 0) is 0 Å². The second kappa shape index (κ2) is 3.73. The summed E-state index contributed by atoms with van der Waals surface area (Å²) >= 11 is 3.41. The van der Waals surface area contributed by atoms with E-state index in [1.54, 1.807) is 6.20 Å². The predicted octanol–water partition coefficient (Wildman–Crippen LogP) is 2.70. The first-order valence-electron chi connectivity index (χ1n) is 5.48. The number of aromatic nitrogens is 3. The molecule has 2 aromatic rings. The van der Waals surface area contributed by atoms with Gasteiger partial charge in [-0.3, -0.25) is 0 Å². The molecule has 2 aromatic heterocycles. The van der Waals surface area contributed by atoms with Gasteiger partial charge in [-0.1, -0.05) is 6.92 Å². The highest BCUT2D eigenvalue weighted by Gasteiger charge is 2.26. The van der Waals surface area contributed by atoms with Crippen LogP contribution in [0.1, 0.15) is 19.8 Å². The van der Waals surface area contributed by atoms with E-state index in [1.165, 1.54) is 12.8 Å². The van der Waals surface area contributed by atoms with Crippen LogP contribution in [0.5, 0.6) is 0 Å². The van der Waals surface area contributed by atoms with Crippen LogP contribution in [0.25, 0.3) is 5.65 Å². The van der Waals surface area contributed by atoms with Crippen molar-refractivity contribution in [1.29, 1.82) is 0 Å². The summed E-state index contributed by atoms with van der Waals surface area (Å²) < 4.78 is 2.80. The van der Waals surface area contributed by atoms with Gasteiger partial charge in [-0.2, -0.15) is 0 Å². The van der Waals surface area contributed by atoms with Gasteiger partial charge in [0.15, 0.2) is 11.5 Å². The molecule has 1 saturated carbocycles. The highest BCUT2D eigenvalue weighted by Crippen LogP contribution is 2.30. The van der Waals surface area contributed by atoms with E-state index in [9.17, 15) is 0 Å². The van der Waals surface area contributed by atoms with Crippen molar-refractivity contribution in [3.8, 4) is 0 Å². The van der Waals surface area contributed by atoms with Crippen LogP contribution in [0.2, 0.25) is 0 Å². The lowest BCUT2D eigenvalue weighted by atomic mass is 9.82. The zero-order valence-corrected chi connectivity index (χ0v) is 10.6. The maximum atomic E-state index is 4.44. The molecular formula is C11H13BrN4. The predicted molar refractivity (Wildman–Crippen MR) is 66.5 cm³/mol. The summed E-state index contributed by atoms with van der Waals surface area (Å²) in [6.07, 6.45) is 8.08. The first-order valence-corrected chi connectivity index (χ1v) is 6.27. The van der Waals surface area contributed by atoms with Crippen LogP contribution < -0.4 is 5.32 Å². The Morgan fingerprint density at radius 2 is 2.31 bits per heavy atom. The zero-order valence-electron chi connectivity index (χ0n) is 9.02. The van der Waals surface area contributed by atoms with Crippen molar-refractivity contribution in [1.82, 2.24) is 14.4 Å². The molecule has 0 atom stereocenters. The molecule has 0 aromatic carbocycles. The molecule has 0 unspecified atom stereocenters. The Bertz CT molecular complexity index is 516. The van der Waals surface area contributed by atoms with Crippen molar-refractivity contribution >= 4 is 27.4 Å². The third-order valence-corrected chi connectivity index (χ3v) is 3.44. The van der Waals surface area contributed by atoms with E-state index in [-0.39, 0.29) is 0 Å². The molecule has 1 N–H and O–H groups in total. The Labute approximate surface area is 102 Å². The first kappa shape index (κ1) is 10.1. The Morgan fingerprint density at radius 1 is 1.50 bits per heavy atom. The summed E-state index contributed by atoms with van der Waals surface area (Å²) in [5, 5.41) is 3.45. The number of hydrogen-bond acceptors (Lipinski definition) is 3. The first-order chi connectivity index (χ1) is 7.72. The Morgan fingerprint density at radius 3 is 3.06 bits per heavy atom. The van der Waals surface area contributed by atoms with Gasteiger partial charge in [-0.25, -0.2) is 9.97 Å². The largest absolute Gasteiger partial charge is 0.364 e. The summed E-state index contributed by atoms with van der Waals surface area (Å²) in [6, 6.07) is 0.553. The standard InChI is InChI=1S/C11H13BrN4/c1-7-4-8(5-7)14-10-11-13-2-3-16(11)6-9(12)15-10/h2-3,6-8H,4-5H2,1H3,(H,14,15). The lowest BCUT2D eigenvalue weighted by molar-refractivity contribution is 0.308. The van der Waals surface area contributed by atoms with E-state index in [1.807, 2.05) is 16.8 Å². The van der Waals surface area contributed by atoms with E-state index in [0.29, 0.717) is 6.04 Å². The topological polar surface area (TPSA) is 42.2 Å². The lowest BCUT2D eigenvalue weighted by Crippen LogP contribution is -2.34. The number of hydrogen-bond donors (Lipinski definition) is 1. The molecule has 3 rings (SSSR count). The Balaban J connectivity index is 1.92. The average Bonchev–Trinajstić information content (AvgIpc) is 2.62. The molecule has 1 aliphatic rings. The number of halogens is 1. The van der Waals surface area contributed by atoms with Crippen LogP contribution in [0.15, 0.2) is 23.2 Å². The quantitative estimate of drug-likeness (QED) is 0.920. The number of rotatable bonds is 2. The van der Waals surface area contributed by atoms with Gasteiger partial charge in [-0.15, -0.1) is 0 Å². The summed E-state index contributed by atoms with van der Waals surface area (Å²) in [4.78, 5) is 8.75. The average molecular weight is 281 g/mol. The SMILES string of the molecule is CC1CC(Nc2nc(Br)cn3ccnc23)C1. The lowest BCUT2D eigenvalue weighted by Gasteiger charge is -2.33. The molecule has 0 spiro atoms. The van der Waals surface area contributed by atoms with E-state index >= 15 is 0 Å². The van der Waals surface area contributed by atoms with Crippen molar-refractivity contribution in [2.75, 3.05) is 5.32 Å². The Kier molecular flexibility index (Phi) is 2.35. The van der Waals surface area contributed by atoms with Crippen molar-refractivity contribution < 1.29 is 0 Å².